The SMILES string of the molecule is C=C[C@]1(C)C[C@@H](OC(=O)CSc2cccnc2)[C@]2(C)[C@H](C)CC[C@]3(CCC(=O)[C@H]32)[C@@H](C)[C@@H]1O. The van der Waals surface area contributed by atoms with E-state index < -0.39 is 23.0 Å². The van der Waals surface area contributed by atoms with Gasteiger partial charge in [-0.15, -0.1) is 18.3 Å². The molecule has 0 amide bonds. The van der Waals surface area contributed by atoms with E-state index in [9.17, 15) is 14.7 Å². The minimum atomic E-state index is -0.646. The van der Waals surface area contributed by atoms with Gasteiger partial charge in [0.25, 0.3) is 0 Å². The molecule has 3 aliphatic carbocycles. The number of aliphatic hydroxyl groups excluding tert-OH is 1. The first-order valence-corrected chi connectivity index (χ1v) is 13.1. The van der Waals surface area contributed by atoms with E-state index in [1.165, 1.54) is 11.8 Å². The Labute approximate surface area is 201 Å². The van der Waals surface area contributed by atoms with Crippen LogP contribution in [0.4, 0.5) is 0 Å². The van der Waals surface area contributed by atoms with Gasteiger partial charge in [0, 0.05) is 40.5 Å². The van der Waals surface area contributed by atoms with Crippen molar-refractivity contribution in [2.75, 3.05) is 5.75 Å². The van der Waals surface area contributed by atoms with Gasteiger partial charge in [0.1, 0.15) is 11.9 Å². The molecule has 33 heavy (non-hydrogen) atoms. The van der Waals surface area contributed by atoms with Crippen LogP contribution in [0.15, 0.2) is 42.1 Å². The van der Waals surface area contributed by atoms with E-state index in [4.69, 9.17) is 4.74 Å². The molecule has 0 aromatic carbocycles. The summed E-state index contributed by atoms with van der Waals surface area (Å²) >= 11 is 1.40. The van der Waals surface area contributed by atoms with Crippen molar-refractivity contribution in [3.63, 3.8) is 0 Å². The van der Waals surface area contributed by atoms with Crippen molar-refractivity contribution < 1.29 is 19.4 Å². The highest BCUT2D eigenvalue weighted by Crippen LogP contribution is 2.68. The zero-order chi connectivity index (χ0) is 24.0. The number of carbonyl (C=O) groups is 2. The Bertz CT molecular complexity index is 922. The van der Waals surface area contributed by atoms with Gasteiger partial charge in [0.05, 0.1) is 11.9 Å². The molecule has 180 valence electrons. The molecular formula is C27H37NO4S. The highest BCUT2D eigenvalue weighted by atomic mass is 32.2. The third-order valence-electron chi connectivity index (χ3n) is 9.57. The van der Waals surface area contributed by atoms with Crippen molar-refractivity contribution in [2.45, 2.75) is 76.9 Å². The van der Waals surface area contributed by atoms with Gasteiger partial charge in [-0.25, -0.2) is 0 Å². The predicted octanol–water partition coefficient (Wildman–Crippen LogP) is 5.08. The van der Waals surface area contributed by atoms with E-state index in [0.29, 0.717) is 12.8 Å². The van der Waals surface area contributed by atoms with Gasteiger partial charge in [-0.3, -0.25) is 14.6 Å². The number of carbonyl (C=O) groups excluding carboxylic acids is 2. The number of nitrogens with zero attached hydrogens (tertiary/aromatic N) is 1. The number of ketones is 1. The van der Waals surface area contributed by atoms with Gasteiger partial charge in [-0.05, 0) is 55.1 Å². The normalized spacial score (nSPS) is 42.7. The van der Waals surface area contributed by atoms with Gasteiger partial charge in [0.2, 0.25) is 0 Å². The van der Waals surface area contributed by atoms with Crippen molar-refractivity contribution in [3.8, 4) is 0 Å². The summed E-state index contributed by atoms with van der Waals surface area (Å²) < 4.78 is 6.25. The van der Waals surface area contributed by atoms with E-state index in [2.05, 4.69) is 32.3 Å². The molecule has 3 fully saturated rings. The van der Waals surface area contributed by atoms with Gasteiger partial charge < -0.3 is 9.84 Å². The second kappa shape index (κ2) is 8.84. The van der Waals surface area contributed by atoms with Crippen LogP contribution >= 0.6 is 11.8 Å². The van der Waals surface area contributed by atoms with Crippen LogP contribution in [0, 0.1) is 34.0 Å². The summed E-state index contributed by atoms with van der Waals surface area (Å²) in [5.74, 6) is 0.172. The Morgan fingerprint density at radius 3 is 2.79 bits per heavy atom. The Morgan fingerprint density at radius 2 is 2.12 bits per heavy atom. The van der Waals surface area contributed by atoms with Crippen molar-refractivity contribution in [1.82, 2.24) is 4.98 Å². The summed E-state index contributed by atoms with van der Waals surface area (Å²) in [6.07, 6.45) is 7.88. The number of pyridine rings is 1. The summed E-state index contributed by atoms with van der Waals surface area (Å²) in [5, 5.41) is 11.6. The molecule has 0 spiro atoms. The summed E-state index contributed by atoms with van der Waals surface area (Å²) in [6.45, 7) is 12.6. The zero-order valence-corrected chi connectivity index (χ0v) is 21.1. The molecule has 1 N–H and O–H groups in total. The van der Waals surface area contributed by atoms with Crippen LogP contribution < -0.4 is 0 Å². The molecule has 1 heterocycles. The average molecular weight is 472 g/mol. The van der Waals surface area contributed by atoms with E-state index in [1.54, 1.807) is 12.4 Å². The quantitative estimate of drug-likeness (QED) is 0.367. The third-order valence-corrected chi connectivity index (χ3v) is 10.5. The second-order valence-electron chi connectivity index (χ2n) is 11.0. The maximum atomic E-state index is 13.4. The molecular weight excluding hydrogens is 434 g/mol. The molecule has 3 aliphatic rings. The molecule has 0 radical (unpaired) electrons. The molecule has 0 saturated heterocycles. The summed E-state index contributed by atoms with van der Waals surface area (Å²) in [6, 6.07) is 3.76. The maximum Gasteiger partial charge on any atom is 0.316 e. The van der Waals surface area contributed by atoms with Crippen molar-refractivity contribution in [3.05, 3.63) is 37.2 Å². The van der Waals surface area contributed by atoms with E-state index in [1.807, 2.05) is 25.1 Å². The summed E-state index contributed by atoms with van der Waals surface area (Å²) in [5.41, 5.74) is -1.33. The predicted molar refractivity (Wildman–Crippen MR) is 130 cm³/mol. The first-order chi connectivity index (χ1) is 15.6. The number of rotatable bonds is 5. The Kier molecular flexibility index (Phi) is 6.56. The summed E-state index contributed by atoms with van der Waals surface area (Å²) in [4.78, 5) is 31.5. The minimum Gasteiger partial charge on any atom is -0.461 e. The molecule has 1 aromatic rings. The van der Waals surface area contributed by atoms with Crippen molar-refractivity contribution in [2.24, 2.45) is 34.0 Å². The highest BCUT2D eigenvalue weighted by Gasteiger charge is 2.68. The topological polar surface area (TPSA) is 76.5 Å². The van der Waals surface area contributed by atoms with Crippen LogP contribution in [0.25, 0.3) is 0 Å². The molecule has 0 unspecified atom stereocenters. The number of hydrogen-bond donors (Lipinski definition) is 1. The highest BCUT2D eigenvalue weighted by molar-refractivity contribution is 8.00. The van der Waals surface area contributed by atoms with Crippen LogP contribution in [0.3, 0.4) is 0 Å². The van der Waals surface area contributed by atoms with Crippen LogP contribution in [-0.4, -0.2) is 39.8 Å². The monoisotopic (exact) mass is 471 g/mol. The lowest BCUT2D eigenvalue weighted by molar-refractivity contribution is -0.205. The number of thioether (sulfide) groups is 1. The first kappa shape index (κ1) is 24.5. The maximum absolute atomic E-state index is 13.4. The largest absolute Gasteiger partial charge is 0.461 e. The number of esters is 1. The fourth-order valence-corrected chi connectivity index (χ4v) is 7.93. The molecule has 5 nitrogen and oxygen atoms in total. The third kappa shape index (κ3) is 3.87. The number of aromatic nitrogens is 1. The van der Waals surface area contributed by atoms with Crippen LogP contribution in [0.2, 0.25) is 0 Å². The molecule has 0 aliphatic heterocycles. The fraction of sp³-hybridized carbons (Fsp3) is 0.667. The van der Waals surface area contributed by atoms with Gasteiger partial charge in [0.15, 0.2) is 0 Å². The van der Waals surface area contributed by atoms with E-state index >= 15 is 0 Å². The van der Waals surface area contributed by atoms with Crippen LogP contribution in [0.5, 0.6) is 0 Å². The molecule has 8 atom stereocenters. The van der Waals surface area contributed by atoms with Crippen molar-refractivity contribution in [1.29, 1.82) is 0 Å². The lowest BCUT2D eigenvalue weighted by Crippen LogP contribution is -2.63. The summed E-state index contributed by atoms with van der Waals surface area (Å²) in [7, 11) is 0. The smallest absolute Gasteiger partial charge is 0.316 e. The Hall–Kier alpha value is -1.66. The first-order valence-electron chi connectivity index (χ1n) is 12.1. The lowest BCUT2D eigenvalue weighted by atomic mass is 9.44. The fourth-order valence-electron chi connectivity index (χ4n) is 7.27. The van der Waals surface area contributed by atoms with E-state index in [-0.39, 0.29) is 40.7 Å². The van der Waals surface area contributed by atoms with Crippen molar-refractivity contribution >= 4 is 23.5 Å². The second-order valence-corrected chi connectivity index (χ2v) is 12.1. The number of ether oxygens (including phenoxy) is 1. The van der Waals surface area contributed by atoms with Gasteiger partial charge in [-0.2, -0.15) is 0 Å². The molecule has 4 rings (SSSR count). The molecule has 2 bridgehead atoms. The Morgan fingerprint density at radius 1 is 1.36 bits per heavy atom. The minimum absolute atomic E-state index is 0.0263. The van der Waals surface area contributed by atoms with E-state index in [0.717, 1.165) is 24.2 Å². The lowest BCUT2D eigenvalue weighted by Gasteiger charge is -2.61. The van der Waals surface area contributed by atoms with Crippen LogP contribution in [-0.2, 0) is 14.3 Å². The van der Waals surface area contributed by atoms with Crippen LogP contribution in [0.1, 0.15) is 59.8 Å². The standard InChI is InChI=1S/C27H37NO4S/c1-6-25(4)14-21(32-22(30)16-33-19-8-7-13-28-15-19)26(5)17(2)9-11-27(18(3)24(25)31)12-10-20(29)23(26)27/h6-8,13,15,17-18,21,23-24,31H,1,9-12,14,16H2,2-5H3/t17-,18+,21-,23+,24+,25-,26+,27+/m1/s1. The molecule has 6 heteroatoms. The van der Waals surface area contributed by atoms with Gasteiger partial charge in [-0.1, -0.05) is 33.8 Å². The number of aliphatic hydroxyl groups is 1. The van der Waals surface area contributed by atoms with Gasteiger partial charge >= 0.3 is 5.97 Å². The molecule has 1 aromatic heterocycles. The number of Topliss-reactive ketones (excluding diaryl/α,β-unsaturated/α-hetero) is 1. The zero-order valence-electron chi connectivity index (χ0n) is 20.3. The average Bonchev–Trinajstić information content (AvgIpc) is 3.17. The molecule has 3 saturated carbocycles. The number of hydrogen-bond acceptors (Lipinski definition) is 6. The Balaban J connectivity index is 1.70.